The minimum atomic E-state index is -0.199. The topological polar surface area (TPSA) is 86.3 Å². The Kier molecular flexibility index (Phi) is 9.05. The number of benzene rings is 1. The third kappa shape index (κ3) is 7.45. The number of carbonyl (C=O) groups excluding carboxylic acids is 2. The molecule has 1 saturated carbocycles. The maximum absolute atomic E-state index is 12.5. The molecule has 1 amide bonds. The first-order valence-corrected chi connectivity index (χ1v) is 9.98. The van der Waals surface area contributed by atoms with Crippen LogP contribution < -0.4 is 19.5 Å². The molecule has 0 heterocycles. The molecule has 0 unspecified atom stereocenters. The van der Waals surface area contributed by atoms with Crippen molar-refractivity contribution in [3.8, 4) is 17.2 Å². The van der Waals surface area contributed by atoms with Crippen LogP contribution in [0, 0.1) is 5.92 Å². The van der Waals surface area contributed by atoms with Crippen molar-refractivity contribution < 1.29 is 28.5 Å². The van der Waals surface area contributed by atoms with Gasteiger partial charge in [-0.25, -0.2) is 0 Å². The molecule has 8 nitrogen and oxygen atoms in total. The zero-order valence-corrected chi connectivity index (χ0v) is 17.8. The minimum Gasteiger partial charge on any atom is -0.493 e. The first kappa shape index (κ1) is 22.8. The van der Waals surface area contributed by atoms with Gasteiger partial charge in [0.25, 0.3) is 0 Å². The molecule has 162 valence electrons. The number of nitrogens with one attached hydrogen (secondary N) is 1. The van der Waals surface area contributed by atoms with Gasteiger partial charge in [0.15, 0.2) is 11.5 Å². The quantitative estimate of drug-likeness (QED) is 0.502. The van der Waals surface area contributed by atoms with Crippen LogP contribution >= 0.6 is 0 Å². The summed E-state index contributed by atoms with van der Waals surface area (Å²) in [6.45, 7) is 4.29. The van der Waals surface area contributed by atoms with Gasteiger partial charge >= 0.3 is 5.97 Å². The van der Waals surface area contributed by atoms with Crippen LogP contribution in [0.5, 0.6) is 17.2 Å². The molecule has 8 heteroatoms. The Bertz CT molecular complexity index is 665. The van der Waals surface area contributed by atoms with E-state index in [2.05, 4.69) is 10.2 Å². The van der Waals surface area contributed by atoms with Gasteiger partial charge in [-0.05, 0) is 25.7 Å². The molecule has 0 spiro atoms. The summed E-state index contributed by atoms with van der Waals surface area (Å²) in [5, 5.41) is 2.88. The van der Waals surface area contributed by atoms with Crippen LogP contribution in [0.2, 0.25) is 0 Å². The number of rotatable bonds is 13. The van der Waals surface area contributed by atoms with E-state index in [9.17, 15) is 9.59 Å². The zero-order valence-electron chi connectivity index (χ0n) is 17.8. The summed E-state index contributed by atoms with van der Waals surface area (Å²) in [5.74, 6) is 1.79. The van der Waals surface area contributed by atoms with E-state index in [0.29, 0.717) is 61.4 Å². The van der Waals surface area contributed by atoms with E-state index in [1.165, 1.54) is 34.2 Å². The van der Waals surface area contributed by atoms with Gasteiger partial charge in [0, 0.05) is 43.9 Å². The Morgan fingerprint density at radius 1 is 1.03 bits per heavy atom. The lowest BCUT2D eigenvalue weighted by molar-refractivity contribution is -0.143. The Hall–Kier alpha value is -2.48. The summed E-state index contributed by atoms with van der Waals surface area (Å²) in [7, 11) is 4.59. The zero-order chi connectivity index (χ0) is 21.2. The lowest BCUT2D eigenvalue weighted by Gasteiger charge is -2.21. The molecule has 1 aliphatic carbocycles. The largest absolute Gasteiger partial charge is 0.493 e. The summed E-state index contributed by atoms with van der Waals surface area (Å²) in [6, 6.07) is 3.39. The predicted molar refractivity (Wildman–Crippen MR) is 110 cm³/mol. The van der Waals surface area contributed by atoms with Crippen LogP contribution in [-0.4, -0.2) is 64.3 Å². The fraction of sp³-hybridized carbons (Fsp3) is 0.619. The highest BCUT2D eigenvalue weighted by molar-refractivity contribution is 5.91. The van der Waals surface area contributed by atoms with Gasteiger partial charge < -0.3 is 29.2 Å². The van der Waals surface area contributed by atoms with Gasteiger partial charge in [-0.2, -0.15) is 0 Å². The molecular formula is C21H32N2O6. The van der Waals surface area contributed by atoms with Gasteiger partial charge in [0.1, 0.15) is 0 Å². The Morgan fingerprint density at radius 2 is 1.66 bits per heavy atom. The highest BCUT2D eigenvalue weighted by atomic mass is 16.5. The summed E-state index contributed by atoms with van der Waals surface area (Å²) >= 11 is 0. The van der Waals surface area contributed by atoms with E-state index in [1.807, 2.05) is 0 Å². The van der Waals surface area contributed by atoms with Crippen LogP contribution in [0.3, 0.4) is 0 Å². The molecule has 0 aliphatic heterocycles. The molecule has 1 N–H and O–H groups in total. The lowest BCUT2D eigenvalue weighted by atomic mass is 10.2. The van der Waals surface area contributed by atoms with E-state index in [-0.39, 0.29) is 11.9 Å². The van der Waals surface area contributed by atoms with Crippen molar-refractivity contribution >= 4 is 17.6 Å². The Labute approximate surface area is 172 Å². The second-order valence-electron chi connectivity index (χ2n) is 7.01. The third-order valence-corrected chi connectivity index (χ3v) is 4.75. The summed E-state index contributed by atoms with van der Waals surface area (Å²) in [5.41, 5.74) is 0.574. The molecule has 1 aromatic carbocycles. The van der Waals surface area contributed by atoms with Crippen molar-refractivity contribution in [1.82, 2.24) is 4.90 Å². The van der Waals surface area contributed by atoms with Crippen molar-refractivity contribution in [2.45, 2.75) is 32.6 Å². The molecule has 1 aliphatic rings. The average molecular weight is 408 g/mol. The number of amides is 1. The van der Waals surface area contributed by atoms with E-state index in [1.54, 1.807) is 19.1 Å². The normalized spacial score (nSPS) is 13.1. The van der Waals surface area contributed by atoms with Crippen LogP contribution in [0.4, 0.5) is 5.69 Å². The number of hydrogen-bond donors (Lipinski definition) is 1. The third-order valence-electron chi connectivity index (χ3n) is 4.75. The monoisotopic (exact) mass is 408 g/mol. The van der Waals surface area contributed by atoms with Gasteiger partial charge in [0.2, 0.25) is 11.7 Å². The van der Waals surface area contributed by atoms with E-state index in [4.69, 9.17) is 18.9 Å². The van der Waals surface area contributed by atoms with E-state index >= 15 is 0 Å². The smallest absolute Gasteiger partial charge is 0.307 e. The van der Waals surface area contributed by atoms with Crippen molar-refractivity contribution in [2.75, 3.05) is 52.9 Å². The van der Waals surface area contributed by atoms with Crippen molar-refractivity contribution in [3.63, 3.8) is 0 Å². The molecule has 0 bridgehead atoms. The molecule has 29 heavy (non-hydrogen) atoms. The maximum Gasteiger partial charge on any atom is 0.307 e. The number of methoxy groups -OCH3 is 3. The molecular weight excluding hydrogens is 376 g/mol. The Balaban J connectivity index is 1.91. The first-order chi connectivity index (χ1) is 14.0. The van der Waals surface area contributed by atoms with Crippen molar-refractivity contribution in [1.29, 1.82) is 0 Å². The van der Waals surface area contributed by atoms with Gasteiger partial charge in [-0.3, -0.25) is 9.59 Å². The highest BCUT2D eigenvalue weighted by Crippen LogP contribution is 2.40. The molecule has 0 saturated heterocycles. The molecule has 0 aromatic heterocycles. The lowest BCUT2D eigenvalue weighted by Crippen LogP contribution is -2.32. The first-order valence-electron chi connectivity index (χ1n) is 9.98. The predicted octanol–water partition coefficient (Wildman–Crippen LogP) is 2.71. The second-order valence-corrected chi connectivity index (χ2v) is 7.01. The fourth-order valence-electron chi connectivity index (χ4n) is 3.08. The number of carbonyl (C=O) groups is 2. The van der Waals surface area contributed by atoms with E-state index < -0.39 is 0 Å². The van der Waals surface area contributed by atoms with Crippen LogP contribution in [0.1, 0.15) is 32.6 Å². The van der Waals surface area contributed by atoms with Crippen LogP contribution in [0.25, 0.3) is 0 Å². The molecule has 0 atom stereocenters. The standard InChI is InChI=1S/C21H32N2O6/c1-5-29-20(25)9-11-23(14-15-6-7-15)10-8-19(24)22-16-12-17(26-2)21(28-4)18(13-16)27-3/h12-13,15H,5-11,14H2,1-4H3,(H,22,24). The average Bonchev–Trinajstić information content (AvgIpc) is 3.53. The molecule has 2 rings (SSSR count). The maximum atomic E-state index is 12.5. The van der Waals surface area contributed by atoms with E-state index in [0.717, 1.165) is 6.54 Å². The number of hydrogen-bond acceptors (Lipinski definition) is 7. The summed E-state index contributed by atoms with van der Waals surface area (Å²) in [4.78, 5) is 26.3. The number of anilines is 1. The van der Waals surface area contributed by atoms with Gasteiger partial charge in [0.05, 0.1) is 34.4 Å². The van der Waals surface area contributed by atoms with Crippen LogP contribution in [0.15, 0.2) is 12.1 Å². The highest BCUT2D eigenvalue weighted by Gasteiger charge is 2.25. The molecule has 1 fully saturated rings. The summed E-state index contributed by atoms with van der Waals surface area (Å²) < 4.78 is 20.9. The second kappa shape index (κ2) is 11.5. The Morgan fingerprint density at radius 3 is 2.17 bits per heavy atom. The number of esters is 1. The molecule has 1 aromatic rings. The summed E-state index contributed by atoms with van der Waals surface area (Å²) in [6.07, 6.45) is 3.10. The van der Waals surface area contributed by atoms with Crippen LogP contribution in [-0.2, 0) is 14.3 Å². The number of ether oxygens (including phenoxy) is 4. The number of nitrogens with zero attached hydrogens (tertiary/aromatic N) is 1. The van der Waals surface area contributed by atoms with Crippen molar-refractivity contribution in [2.24, 2.45) is 5.92 Å². The fourth-order valence-corrected chi connectivity index (χ4v) is 3.08. The molecule has 0 radical (unpaired) electrons. The van der Waals surface area contributed by atoms with Gasteiger partial charge in [-0.1, -0.05) is 0 Å². The van der Waals surface area contributed by atoms with Crippen molar-refractivity contribution in [3.05, 3.63) is 12.1 Å². The van der Waals surface area contributed by atoms with Gasteiger partial charge in [-0.15, -0.1) is 0 Å². The minimum absolute atomic E-state index is 0.115. The SMILES string of the molecule is CCOC(=O)CCN(CCC(=O)Nc1cc(OC)c(OC)c(OC)c1)CC1CC1.